The molecule has 31 heavy (non-hydrogen) atoms. The van der Waals surface area contributed by atoms with Gasteiger partial charge in [-0.15, -0.1) is 0 Å². The van der Waals surface area contributed by atoms with E-state index in [0.717, 1.165) is 39.9 Å². The molecule has 0 spiro atoms. The molecule has 2 unspecified atom stereocenters. The minimum atomic E-state index is -1.69. The summed E-state index contributed by atoms with van der Waals surface area (Å²) in [5, 5.41) is 11.6. The minimum Gasteiger partial charge on any atom is -0.493 e. The van der Waals surface area contributed by atoms with Gasteiger partial charge in [0.15, 0.2) is 11.5 Å². The summed E-state index contributed by atoms with van der Waals surface area (Å²) in [6.07, 6.45) is -0.151. The number of rotatable bonds is 9. The molecule has 172 valence electrons. The van der Waals surface area contributed by atoms with Crippen LogP contribution in [0.2, 0.25) is 0 Å². The van der Waals surface area contributed by atoms with Crippen molar-refractivity contribution in [2.45, 2.75) is 57.0 Å². The Bertz CT molecular complexity index is 759. The maximum Gasteiger partial charge on any atom is 0.511 e. The van der Waals surface area contributed by atoms with Crippen LogP contribution in [0.15, 0.2) is 18.2 Å². The monoisotopic (exact) mass is 441 g/mol. The average Bonchev–Trinajstić information content (AvgIpc) is 3.26. The van der Waals surface area contributed by atoms with Crippen molar-refractivity contribution in [1.82, 2.24) is 0 Å². The summed E-state index contributed by atoms with van der Waals surface area (Å²) in [6, 6.07) is 3.40. The molecule has 0 saturated heterocycles. The smallest absolute Gasteiger partial charge is 0.493 e. The summed E-state index contributed by atoms with van der Waals surface area (Å²) in [6.45, 7) is 1.31. The first kappa shape index (κ1) is 24.0. The molecule has 1 saturated carbocycles. The lowest BCUT2D eigenvalue weighted by atomic mass is 9.91. The van der Waals surface area contributed by atoms with Gasteiger partial charge in [-0.25, -0.2) is 9.59 Å². The van der Waals surface area contributed by atoms with Gasteiger partial charge < -0.3 is 28.4 Å². The zero-order chi connectivity index (χ0) is 23.0. The van der Waals surface area contributed by atoms with Crippen molar-refractivity contribution in [3.63, 3.8) is 0 Å². The molecule has 0 N–H and O–H groups in total. The minimum absolute atomic E-state index is 0.00368. The fourth-order valence-corrected chi connectivity index (χ4v) is 3.43. The van der Waals surface area contributed by atoms with E-state index in [1.165, 1.54) is 14.0 Å². The molecular formula is C20H27NO10. The summed E-state index contributed by atoms with van der Waals surface area (Å²) in [5.41, 5.74) is 0.343. The molecule has 1 aromatic carbocycles. The standard InChI is InChI=1S/C20H27NO10/c1-12(21(24)25)17(18(30-19(22)27-3)31-20(23)28-4)13-9-10-15(26-2)16(11-13)29-14-7-5-6-8-14/h9-12,14,17-18H,5-8H2,1-4H3. The van der Waals surface area contributed by atoms with Crippen LogP contribution in [0.25, 0.3) is 0 Å². The number of ether oxygens (including phenoxy) is 6. The lowest BCUT2D eigenvalue weighted by molar-refractivity contribution is -0.526. The Labute approximate surface area is 179 Å². The van der Waals surface area contributed by atoms with Gasteiger partial charge in [0.1, 0.15) is 5.92 Å². The van der Waals surface area contributed by atoms with E-state index in [1.807, 2.05) is 0 Å². The molecule has 1 aliphatic carbocycles. The van der Waals surface area contributed by atoms with Crippen LogP contribution >= 0.6 is 0 Å². The molecule has 1 aromatic rings. The molecule has 11 heteroatoms. The van der Waals surface area contributed by atoms with Crippen molar-refractivity contribution in [3.8, 4) is 11.5 Å². The van der Waals surface area contributed by atoms with Gasteiger partial charge >= 0.3 is 12.3 Å². The summed E-state index contributed by atoms with van der Waals surface area (Å²) in [7, 11) is 3.60. The van der Waals surface area contributed by atoms with E-state index < -0.39 is 35.5 Å². The van der Waals surface area contributed by atoms with Crippen LogP contribution in [-0.2, 0) is 18.9 Å². The Morgan fingerprint density at radius 3 is 2.10 bits per heavy atom. The third-order valence-corrected chi connectivity index (χ3v) is 5.07. The maximum absolute atomic E-state index is 11.7. The first-order valence-electron chi connectivity index (χ1n) is 9.78. The lowest BCUT2D eigenvalue weighted by Crippen LogP contribution is -2.39. The van der Waals surface area contributed by atoms with Crippen LogP contribution in [0.4, 0.5) is 9.59 Å². The zero-order valence-electron chi connectivity index (χ0n) is 17.9. The van der Waals surface area contributed by atoms with Crippen molar-refractivity contribution in [2.24, 2.45) is 0 Å². The van der Waals surface area contributed by atoms with Crippen LogP contribution in [-0.4, -0.2) is 57.0 Å². The first-order chi connectivity index (χ1) is 14.8. The predicted octanol–water partition coefficient (Wildman–Crippen LogP) is 3.66. The number of carbonyl (C=O) groups excluding carboxylic acids is 2. The third kappa shape index (κ3) is 6.37. The van der Waals surface area contributed by atoms with Crippen molar-refractivity contribution in [3.05, 3.63) is 33.9 Å². The van der Waals surface area contributed by atoms with Gasteiger partial charge in [-0.1, -0.05) is 6.07 Å². The molecule has 0 aromatic heterocycles. The number of hydrogen-bond acceptors (Lipinski definition) is 10. The topological polar surface area (TPSA) is 133 Å². The van der Waals surface area contributed by atoms with Gasteiger partial charge in [0.2, 0.25) is 6.04 Å². The van der Waals surface area contributed by atoms with Crippen molar-refractivity contribution in [2.75, 3.05) is 21.3 Å². The molecular weight excluding hydrogens is 414 g/mol. The molecule has 0 aliphatic heterocycles. The Morgan fingerprint density at radius 2 is 1.61 bits per heavy atom. The van der Waals surface area contributed by atoms with E-state index in [4.69, 9.17) is 18.9 Å². The predicted molar refractivity (Wildman–Crippen MR) is 106 cm³/mol. The Hall–Kier alpha value is -3.24. The van der Waals surface area contributed by atoms with Gasteiger partial charge in [0, 0.05) is 11.8 Å². The third-order valence-electron chi connectivity index (χ3n) is 5.07. The zero-order valence-corrected chi connectivity index (χ0v) is 17.9. The van der Waals surface area contributed by atoms with Gasteiger partial charge in [-0.2, -0.15) is 0 Å². The van der Waals surface area contributed by atoms with Gasteiger partial charge in [-0.3, -0.25) is 10.1 Å². The molecule has 11 nitrogen and oxygen atoms in total. The average molecular weight is 441 g/mol. The largest absolute Gasteiger partial charge is 0.511 e. The van der Waals surface area contributed by atoms with Gasteiger partial charge in [0.05, 0.1) is 27.4 Å². The molecule has 2 atom stereocenters. The van der Waals surface area contributed by atoms with Crippen LogP contribution in [0, 0.1) is 10.1 Å². The quantitative estimate of drug-likeness (QED) is 0.242. The summed E-state index contributed by atoms with van der Waals surface area (Å²) in [5.74, 6) is -0.352. The number of nitrogens with zero attached hydrogens (tertiary/aromatic N) is 1. The summed E-state index contributed by atoms with van der Waals surface area (Å²) in [4.78, 5) is 34.5. The van der Waals surface area contributed by atoms with Crippen molar-refractivity contribution in [1.29, 1.82) is 0 Å². The van der Waals surface area contributed by atoms with Crippen molar-refractivity contribution >= 4 is 12.3 Å². The molecule has 0 radical (unpaired) electrons. The lowest BCUT2D eigenvalue weighted by Gasteiger charge is -2.27. The molecule has 0 heterocycles. The summed E-state index contributed by atoms with van der Waals surface area (Å²) >= 11 is 0. The first-order valence-corrected chi connectivity index (χ1v) is 9.78. The Kier molecular flexibility index (Phi) is 8.71. The highest BCUT2D eigenvalue weighted by molar-refractivity contribution is 5.62. The number of benzene rings is 1. The Balaban J connectivity index is 2.47. The normalized spacial score (nSPS) is 15.6. The van der Waals surface area contributed by atoms with E-state index in [2.05, 4.69) is 9.47 Å². The highest BCUT2D eigenvalue weighted by Gasteiger charge is 2.42. The fourth-order valence-electron chi connectivity index (χ4n) is 3.43. The highest BCUT2D eigenvalue weighted by atomic mass is 16.8. The number of hydrogen-bond donors (Lipinski definition) is 0. The molecule has 2 rings (SSSR count). The number of nitro groups is 1. The van der Waals surface area contributed by atoms with E-state index in [9.17, 15) is 19.7 Å². The second-order valence-electron chi connectivity index (χ2n) is 7.00. The van der Waals surface area contributed by atoms with Crippen LogP contribution in [0.5, 0.6) is 11.5 Å². The number of methoxy groups -OCH3 is 3. The second-order valence-corrected chi connectivity index (χ2v) is 7.00. The van der Waals surface area contributed by atoms with Crippen LogP contribution in [0.1, 0.15) is 44.1 Å². The highest BCUT2D eigenvalue weighted by Crippen LogP contribution is 2.37. The van der Waals surface area contributed by atoms with E-state index in [1.54, 1.807) is 18.2 Å². The van der Waals surface area contributed by atoms with Gasteiger partial charge in [-0.05, 0) is 43.4 Å². The van der Waals surface area contributed by atoms with Crippen LogP contribution in [0.3, 0.4) is 0 Å². The maximum atomic E-state index is 11.7. The molecule has 1 aliphatic rings. The van der Waals surface area contributed by atoms with Gasteiger partial charge in [0.25, 0.3) is 6.29 Å². The van der Waals surface area contributed by atoms with E-state index in [0.29, 0.717) is 17.1 Å². The van der Waals surface area contributed by atoms with Crippen LogP contribution < -0.4 is 9.47 Å². The number of carbonyl (C=O) groups is 2. The summed E-state index contributed by atoms with van der Waals surface area (Å²) < 4.78 is 30.4. The van der Waals surface area contributed by atoms with E-state index in [-0.39, 0.29) is 6.10 Å². The second kappa shape index (κ2) is 11.2. The Morgan fingerprint density at radius 1 is 1.03 bits per heavy atom. The van der Waals surface area contributed by atoms with Crippen molar-refractivity contribution < 1.29 is 42.9 Å². The molecule has 0 bridgehead atoms. The molecule has 1 fully saturated rings. The molecule has 0 amide bonds. The SMILES string of the molecule is COC(=O)OC(OC(=O)OC)C(c1ccc(OC)c(OC2CCCC2)c1)C(C)[N+](=O)[O-]. The van der Waals surface area contributed by atoms with E-state index >= 15 is 0 Å². The fraction of sp³-hybridized carbons (Fsp3) is 0.600.